The number of rotatable bonds is 10. The highest BCUT2D eigenvalue weighted by Crippen LogP contribution is 2.41. The van der Waals surface area contributed by atoms with Crippen molar-refractivity contribution >= 4 is 17.5 Å². The second kappa shape index (κ2) is 14.6. The number of fused-ring (bicyclic) bond motifs is 1. The predicted molar refractivity (Wildman–Crippen MR) is 181 cm³/mol. The molecule has 1 saturated heterocycles. The summed E-state index contributed by atoms with van der Waals surface area (Å²) in [4.78, 5) is 31.8. The number of pyridine rings is 1. The SMILES string of the molecule is C=CC(=O)N1CCN(c2ncnc3c2CCC(c2nc(N(Cc4ccc(OC)cc4)Cc4ccc(OC)cc4)ccc2C(F)(F)F)C3)CC1. The molecule has 3 heterocycles. The van der Waals surface area contributed by atoms with E-state index in [4.69, 9.17) is 14.5 Å². The van der Waals surface area contributed by atoms with E-state index in [2.05, 4.69) is 21.4 Å². The average Bonchev–Trinajstić information content (AvgIpc) is 3.13. The lowest BCUT2D eigenvalue weighted by Crippen LogP contribution is -2.49. The van der Waals surface area contributed by atoms with E-state index in [1.165, 1.54) is 18.5 Å². The number of carbonyl (C=O) groups excluding carboxylic acids is 1. The zero-order valence-corrected chi connectivity index (χ0v) is 27.6. The molecule has 0 N–H and O–H groups in total. The first kappa shape index (κ1) is 33.8. The fraction of sp³-hybridized carbons (Fsp3) is 0.351. The first-order chi connectivity index (χ1) is 23.7. The Labute approximate surface area is 284 Å². The van der Waals surface area contributed by atoms with Crippen molar-refractivity contribution in [3.63, 3.8) is 0 Å². The molecule has 2 aromatic heterocycles. The Bertz CT molecular complexity index is 1720. The van der Waals surface area contributed by atoms with Crippen LogP contribution in [0.5, 0.6) is 11.5 Å². The number of hydrogen-bond acceptors (Lipinski definition) is 8. The van der Waals surface area contributed by atoms with E-state index in [-0.39, 0.29) is 11.6 Å². The molecule has 0 spiro atoms. The number of nitrogens with zero attached hydrogens (tertiary/aromatic N) is 6. The molecule has 9 nitrogen and oxygen atoms in total. The van der Waals surface area contributed by atoms with Crippen LogP contribution in [-0.2, 0) is 36.9 Å². The normalized spacial score (nSPS) is 16.1. The lowest BCUT2D eigenvalue weighted by atomic mass is 9.83. The summed E-state index contributed by atoms with van der Waals surface area (Å²) < 4.78 is 54.3. The first-order valence-corrected chi connectivity index (χ1v) is 16.2. The number of alkyl halides is 3. The molecule has 256 valence electrons. The zero-order valence-electron chi connectivity index (χ0n) is 27.6. The number of hydrogen-bond donors (Lipinski definition) is 0. The lowest BCUT2D eigenvalue weighted by Gasteiger charge is -2.37. The minimum Gasteiger partial charge on any atom is -0.497 e. The van der Waals surface area contributed by atoms with Gasteiger partial charge in [0, 0.05) is 56.4 Å². The van der Waals surface area contributed by atoms with Gasteiger partial charge in [0.15, 0.2) is 0 Å². The van der Waals surface area contributed by atoms with Crippen LogP contribution in [-0.4, -0.2) is 66.2 Å². The third-order valence-electron chi connectivity index (χ3n) is 9.25. The van der Waals surface area contributed by atoms with Crippen LogP contribution in [0.15, 0.2) is 79.6 Å². The Morgan fingerprint density at radius 3 is 2.08 bits per heavy atom. The summed E-state index contributed by atoms with van der Waals surface area (Å²) in [5.74, 6) is 2.09. The number of benzene rings is 2. The average molecular weight is 673 g/mol. The molecule has 2 aliphatic rings. The van der Waals surface area contributed by atoms with Gasteiger partial charge in [0.25, 0.3) is 0 Å². The fourth-order valence-corrected chi connectivity index (χ4v) is 6.61. The third-order valence-corrected chi connectivity index (χ3v) is 9.25. The van der Waals surface area contributed by atoms with Crippen molar-refractivity contribution in [3.05, 3.63) is 113 Å². The molecule has 49 heavy (non-hydrogen) atoms. The molecule has 1 unspecified atom stereocenters. The molecular formula is C37H39F3N6O3. The number of aromatic nitrogens is 3. The van der Waals surface area contributed by atoms with Crippen molar-refractivity contribution in [3.8, 4) is 11.5 Å². The van der Waals surface area contributed by atoms with E-state index in [0.717, 1.165) is 45.8 Å². The van der Waals surface area contributed by atoms with E-state index in [1.807, 2.05) is 53.4 Å². The maximum atomic E-state index is 14.5. The highest BCUT2D eigenvalue weighted by Gasteiger charge is 2.38. The standard InChI is InChI=1S/C37H39F3N6O3/c1-4-34(47)44-17-19-45(20-18-44)36-30-14-9-27(21-32(30)41-24-42-36)35-31(37(38,39)40)15-16-33(43-35)46(22-25-5-10-28(48-2)11-6-25)23-26-7-12-29(49-3)13-8-26/h4-8,10-13,15-16,24,27H,1,9,14,17-23H2,2-3H3. The highest BCUT2D eigenvalue weighted by atomic mass is 19.4. The van der Waals surface area contributed by atoms with Gasteiger partial charge in [-0.1, -0.05) is 30.8 Å². The largest absolute Gasteiger partial charge is 0.497 e. The van der Waals surface area contributed by atoms with Gasteiger partial charge in [0.1, 0.15) is 29.5 Å². The molecule has 1 aliphatic heterocycles. The molecule has 1 fully saturated rings. The summed E-state index contributed by atoms with van der Waals surface area (Å²) >= 11 is 0. The second-order valence-corrected chi connectivity index (χ2v) is 12.2. The van der Waals surface area contributed by atoms with E-state index in [9.17, 15) is 18.0 Å². The molecule has 1 amide bonds. The Balaban J connectivity index is 1.30. The van der Waals surface area contributed by atoms with Crippen molar-refractivity contribution in [2.24, 2.45) is 0 Å². The predicted octanol–water partition coefficient (Wildman–Crippen LogP) is 6.22. The summed E-state index contributed by atoms with van der Waals surface area (Å²) in [6, 6.07) is 17.9. The van der Waals surface area contributed by atoms with Gasteiger partial charge in [-0.05, 0) is 72.9 Å². The van der Waals surface area contributed by atoms with E-state index >= 15 is 0 Å². The molecule has 6 rings (SSSR count). The number of ether oxygens (including phenoxy) is 2. The van der Waals surface area contributed by atoms with Gasteiger partial charge in [0.2, 0.25) is 5.91 Å². The molecule has 0 saturated carbocycles. The third kappa shape index (κ3) is 7.63. The smallest absolute Gasteiger partial charge is 0.418 e. The molecular weight excluding hydrogens is 633 g/mol. The minimum atomic E-state index is -4.57. The Kier molecular flexibility index (Phi) is 10.0. The monoisotopic (exact) mass is 672 g/mol. The van der Waals surface area contributed by atoms with Crippen molar-refractivity contribution in [1.82, 2.24) is 19.9 Å². The first-order valence-electron chi connectivity index (χ1n) is 16.2. The summed E-state index contributed by atoms with van der Waals surface area (Å²) in [5, 5.41) is 0. The molecule has 2 aromatic carbocycles. The lowest BCUT2D eigenvalue weighted by molar-refractivity contribution is -0.138. The minimum absolute atomic E-state index is 0.0295. The summed E-state index contributed by atoms with van der Waals surface area (Å²) in [7, 11) is 3.20. The molecule has 4 aromatic rings. The van der Waals surface area contributed by atoms with Gasteiger partial charge in [-0.3, -0.25) is 4.79 Å². The Morgan fingerprint density at radius 2 is 1.53 bits per heavy atom. The van der Waals surface area contributed by atoms with Gasteiger partial charge in [-0.25, -0.2) is 15.0 Å². The maximum absolute atomic E-state index is 14.5. The van der Waals surface area contributed by atoms with Crippen molar-refractivity contribution in [1.29, 1.82) is 0 Å². The van der Waals surface area contributed by atoms with Gasteiger partial charge >= 0.3 is 6.18 Å². The van der Waals surface area contributed by atoms with Crippen LogP contribution >= 0.6 is 0 Å². The van der Waals surface area contributed by atoms with Crippen LogP contribution in [0.25, 0.3) is 0 Å². The van der Waals surface area contributed by atoms with E-state index in [1.54, 1.807) is 19.1 Å². The van der Waals surface area contributed by atoms with E-state index in [0.29, 0.717) is 64.3 Å². The van der Waals surface area contributed by atoms with Crippen LogP contribution in [0.3, 0.4) is 0 Å². The number of amides is 1. The van der Waals surface area contributed by atoms with E-state index < -0.39 is 17.7 Å². The van der Waals surface area contributed by atoms with Crippen LogP contribution in [0.4, 0.5) is 24.8 Å². The Hall–Kier alpha value is -5.13. The van der Waals surface area contributed by atoms with Crippen LogP contribution < -0.4 is 19.3 Å². The number of anilines is 2. The zero-order chi connectivity index (χ0) is 34.5. The van der Waals surface area contributed by atoms with Gasteiger partial charge in [-0.15, -0.1) is 0 Å². The number of methoxy groups -OCH3 is 2. The molecule has 12 heteroatoms. The van der Waals surface area contributed by atoms with Crippen LogP contribution in [0, 0.1) is 0 Å². The number of carbonyl (C=O) groups is 1. The fourth-order valence-electron chi connectivity index (χ4n) is 6.61. The molecule has 1 aliphatic carbocycles. The van der Waals surface area contributed by atoms with Crippen LogP contribution in [0.1, 0.15) is 46.0 Å². The van der Waals surface area contributed by atoms with Gasteiger partial charge < -0.3 is 24.2 Å². The number of halogens is 3. The van der Waals surface area contributed by atoms with Gasteiger partial charge in [0.05, 0.1) is 25.5 Å². The molecule has 1 atom stereocenters. The van der Waals surface area contributed by atoms with Crippen molar-refractivity contribution in [2.75, 3.05) is 50.2 Å². The second-order valence-electron chi connectivity index (χ2n) is 12.2. The van der Waals surface area contributed by atoms with Crippen LogP contribution in [0.2, 0.25) is 0 Å². The summed E-state index contributed by atoms with van der Waals surface area (Å²) in [6.45, 7) is 6.71. The topological polar surface area (TPSA) is 83.9 Å². The Morgan fingerprint density at radius 1 is 0.918 bits per heavy atom. The summed E-state index contributed by atoms with van der Waals surface area (Å²) in [5.41, 5.74) is 2.91. The highest BCUT2D eigenvalue weighted by molar-refractivity contribution is 5.87. The molecule has 0 radical (unpaired) electrons. The van der Waals surface area contributed by atoms with Crippen molar-refractivity contribution in [2.45, 2.75) is 44.4 Å². The molecule has 0 bridgehead atoms. The van der Waals surface area contributed by atoms with Gasteiger partial charge in [-0.2, -0.15) is 13.2 Å². The maximum Gasteiger partial charge on any atom is 0.418 e. The van der Waals surface area contributed by atoms with Crippen molar-refractivity contribution < 1.29 is 27.4 Å². The quantitative estimate of drug-likeness (QED) is 0.184. The summed E-state index contributed by atoms with van der Waals surface area (Å²) in [6.07, 6.45) is -0.464. The number of piperazine rings is 1.